The van der Waals surface area contributed by atoms with Crippen molar-refractivity contribution in [2.24, 2.45) is 39.8 Å². The second kappa shape index (κ2) is 14.8. The summed E-state index contributed by atoms with van der Waals surface area (Å²) in [5.41, 5.74) is 6.49. The summed E-state index contributed by atoms with van der Waals surface area (Å²) in [5, 5.41) is 13.0. The zero-order valence-corrected chi connectivity index (χ0v) is 28.4. The minimum atomic E-state index is -0.798. The summed E-state index contributed by atoms with van der Waals surface area (Å²) in [7, 11) is -0.593. The SMILES string of the molecule is CC(C)C[C@H](NC(=O)[C@H](CCCN=C(N)N[N+](=O)[O-])CC(=O)CCCC(=O)OC(C)(C)C)B1O[C@@H]2C[C@@H]3C[C@@H](C3(C)C)[C@]2(C)O1. The van der Waals surface area contributed by atoms with Crippen LogP contribution in [0.5, 0.6) is 0 Å². The van der Waals surface area contributed by atoms with Crippen LogP contribution < -0.4 is 16.5 Å². The monoisotopic (exact) mass is 635 g/mol. The van der Waals surface area contributed by atoms with Gasteiger partial charge in [-0.2, -0.15) is 0 Å². The van der Waals surface area contributed by atoms with E-state index in [2.05, 4.69) is 44.9 Å². The van der Waals surface area contributed by atoms with Crippen LogP contribution in [0.25, 0.3) is 0 Å². The lowest BCUT2D eigenvalue weighted by molar-refractivity contribution is -0.525. The average Bonchev–Trinajstić information content (AvgIpc) is 3.25. The number of hydrazine groups is 1. The molecule has 0 aromatic carbocycles. The van der Waals surface area contributed by atoms with Crippen LogP contribution in [0.3, 0.4) is 0 Å². The molecule has 4 aliphatic rings. The Balaban J connectivity index is 1.66. The van der Waals surface area contributed by atoms with Crippen LogP contribution in [0.15, 0.2) is 4.99 Å². The molecule has 2 bridgehead atoms. The predicted octanol–water partition coefficient (Wildman–Crippen LogP) is 3.75. The first-order chi connectivity index (χ1) is 20.8. The lowest BCUT2D eigenvalue weighted by Gasteiger charge is -2.64. The van der Waals surface area contributed by atoms with Crippen LogP contribution in [0, 0.1) is 39.2 Å². The third-order valence-electron chi connectivity index (χ3n) is 9.65. The van der Waals surface area contributed by atoms with E-state index in [9.17, 15) is 24.5 Å². The first-order valence-corrected chi connectivity index (χ1v) is 16.4. The number of nitrogens with two attached hydrogens (primary N) is 1. The van der Waals surface area contributed by atoms with Gasteiger partial charge in [0, 0.05) is 31.7 Å². The van der Waals surface area contributed by atoms with Crippen LogP contribution in [-0.2, 0) is 28.4 Å². The Morgan fingerprint density at radius 1 is 1.16 bits per heavy atom. The van der Waals surface area contributed by atoms with Crippen LogP contribution >= 0.6 is 0 Å². The summed E-state index contributed by atoms with van der Waals surface area (Å²) in [6.07, 6.45) is 3.95. The van der Waals surface area contributed by atoms with Gasteiger partial charge in [-0.1, -0.05) is 33.1 Å². The fourth-order valence-electron chi connectivity index (χ4n) is 7.31. The van der Waals surface area contributed by atoms with Gasteiger partial charge in [0.05, 0.1) is 17.6 Å². The van der Waals surface area contributed by atoms with Crippen LogP contribution in [0.2, 0.25) is 0 Å². The molecule has 1 saturated heterocycles. The van der Waals surface area contributed by atoms with E-state index in [4.69, 9.17) is 19.8 Å². The van der Waals surface area contributed by atoms with Gasteiger partial charge >= 0.3 is 13.1 Å². The fourth-order valence-corrected chi connectivity index (χ4v) is 7.31. The van der Waals surface area contributed by atoms with E-state index >= 15 is 0 Å². The minimum Gasteiger partial charge on any atom is -0.460 e. The van der Waals surface area contributed by atoms with Crippen LogP contribution in [0.4, 0.5) is 0 Å². The number of esters is 1. The van der Waals surface area contributed by atoms with Crippen LogP contribution in [-0.4, -0.2) is 65.6 Å². The summed E-state index contributed by atoms with van der Waals surface area (Å²) < 4.78 is 18.5. The van der Waals surface area contributed by atoms with Gasteiger partial charge in [0.15, 0.2) is 5.03 Å². The van der Waals surface area contributed by atoms with E-state index in [-0.39, 0.29) is 66.9 Å². The normalized spacial score (nSPS) is 26.8. The van der Waals surface area contributed by atoms with Gasteiger partial charge in [-0.05, 0) is 89.4 Å². The Hall–Kier alpha value is -2.74. The number of nitrogens with zero attached hydrogens (tertiary/aromatic N) is 2. The summed E-state index contributed by atoms with van der Waals surface area (Å²) in [6.45, 7) is 16.4. The highest BCUT2D eigenvalue weighted by Gasteiger charge is 2.68. The molecule has 0 spiro atoms. The fraction of sp³-hybridized carbons (Fsp3) is 0.871. The van der Waals surface area contributed by atoms with Crippen molar-refractivity contribution in [3.05, 3.63) is 10.1 Å². The molecule has 6 atom stereocenters. The topological polar surface area (TPSA) is 184 Å². The third kappa shape index (κ3) is 9.88. The van der Waals surface area contributed by atoms with E-state index in [1.807, 2.05) is 0 Å². The van der Waals surface area contributed by atoms with Crippen molar-refractivity contribution in [3.8, 4) is 0 Å². The molecule has 3 saturated carbocycles. The van der Waals surface area contributed by atoms with Gasteiger partial charge in [0.2, 0.25) is 5.91 Å². The summed E-state index contributed by atoms with van der Waals surface area (Å²) >= 11 is 0. The number of hydrogen-bond donors (Lipinski definition) is 3. The van der Waals surface area contributed by atoms with E-state index in [1.54, 1.807) is 26.2 Å². The Bertz CT molecular complexity index is 1130. The average molecular weight is 636 g/mol. The molecular formula is C31H54BN5O8. The number of amides is 1. The molecular weight excluding hydrogens is 581 g/mol. The Morgan fingerprint density at radius 2 is 1.84 bits per heavy atom. The second-order valence-electron chi connectivity index (χ2n) is 15.2. The summed E-state index contributed by atoms with van der Waals surface area (Å²) in [4.78, 5) is 53.4. The number of nitro groups is 1. The summed E-state index contributed by atoms with van der Waals surface area (Å²) in [6, 6.07) is 0. The standard InChI is InChI=1S/C31H54BN5O8/c1-19(2)15-25(32-44-24-18-21-17-23(30(21,6)7)31(24,8)45-32)35-27(40)20(11-10-14-34-28(33)36-37(41)42)16-22(38)12-9-13-26(39)43-29(3,4)5/h19-21,23-25H,9-18H2,1-8H3,(H,35,40)(H3,33,34,36)/t20-,21+,23+,24-,25+,31+/m1/s1. The van der Waals surface area contributed by atoms with E-state index in [0.717, 1.165) is 12.8 Å². The predicted molar refractivity (Wildman–Crippen MR) is 170 cm³/mol. The second-order valence-corrected chi connectivity index (χ2v) is 15.2. The molecule has 254 valence electrons. The van der Waals surface area contributed by atoms with E-state index in [1.165, 1.54) is 0 Å². The molecule has 3 aliphatic carbocycles. The Morgan fingerprint density at radius 3 is 2.44 bits per heavy atom. The van der Waals surface area contributed by atoms with Crippen molar-refractivity contribution in [3.63, 3.8) is 0 Å². The third-order valence-corrected chi connectivity index (χ3v) is 9.65. The number of aliphatic imine (C=N–C) groups is 1. The first-order valence-electron chi connectivity index (χ1n) is 16.4. The number of nitrogens with one attached hydrogen (secondary N) is 2. The van der Waals surface area contributed by atoms with Gasteiger partial charge in [0.25, 0.3) is 5.96 Å². The van der Waals surface area contributed by atoms with Gasteiger partial charge < -0.3 is 25.1 Å². The number of carbonyl (C=O) groups excluding carboxylic acids is 3. The molecule has 1 heterocycles. The maximum Gasteiger partial charge on any atom is 0.481 e. The van der Waals surface area contributed by atoms with E-state index < -0.39 is 35.2 Å². The Labute approximate surface area is 267 Å². The first kappa shape index (κ1) is 36.7. The maximum absolute atomic E-state index is 13.8. The number of rotatable bonds is 16. The quantitative estimate of drug-likeness (QED) is 0.0429. The Kier molecular flexibility index (Phi) is 12.1. The highest BCUT2D eigenvalue weighted by molar-refractivity contribution is 6.47. The lowest BCUT2D eigenvalue weighted by atomic mass is 9.43. The number of guanidine groups is 1. The zero-order chi connectivity index (χ0) is 33.7. The van der Waals surface area contributed by atoms with E-state index in [0.29, 0.717) is 37.5 Å². The van der Waals surface area contributed by atoms with Crippen molar-refractivity contribution in [2.75, 3.05) is 6.54 Å². The van der Waals surface area contributed by atoms with Crippen molar-refractivity contribution in [1.29, 1.82) is 0 Å². The molecule has 1 aliphatic heterocycles. The molecule has 14 heteroatoms. The molecule has 0 unspecified atom stereocenters. The highest BCUT2D eigenvalue weighted by Crippen LogP contribution is 2.65. The number of ketones is 1. The minimum absolute atomic E-state index is 0.00837. The highest BCUT2D eigenvalue weighted by atomic mass is 16.7. The van der Waals surface area contributed by atoms with Gasteiger partial charge in [-0.3, -0.25) is 14.4 Å². The molecule has 1 amide bonds. The number of carbonyl (C=O) groups is 3. The molecule has 0 radical (unpaired) electrons. The van der Waals surface area contributed by atoms with Crippen molar-refractivity contribution in [2.45, 2.75) is 136 Å². The zero-order valence-electron chi connectivity index (χ0n) is 28.4. The number of hydrogen-bond acceptors (Lipinski definition) is 9. The van der Waals surface area contributed by atoms with Crippen molar-refractivity contribution < 1.29 is 33.5 Å². The summed E-state index contributed by atoms with van der Waals surface area (Å²) in [5.74, 6) is -0.939. The lowest BCUT2D eigenvalue weighted by Crippen LogP contribution is -2.65. The maximum atomic E-state index is 13.8. The van der Waals surface area contributed by atoms with Crippen molar-refractivity contribution in [1.82, 2.24) is 10.7 Å². The number of Topliss-reactive ketones (excluding diaryl/α,β-unsaturated/α-hetero) is 1. The van der Waals surface area contributed by atoms with Gasteiger partial charge in [-0.15, -0.1) is 0 Å². The molecule has 4 fully saturated rings. The smallest absolute Gasteiger partial charge is 0.460 e. The molecule has 4 rings (SSSR count). The van der Waals surface area contributed by atoms with Gasteiger partial charge in [-0.25, -0.2) is 15.1 Å². The van der Waals surface area contributed by atoms with Gasteiger partial charge in [0.1, 0.15) is 11.4 Å². The molecule has 45 heavy (non-hydrogen) atoms. The number of ether oxygens (including phenoxy) is 1. The molecule has 0 aromatic rings. The van der Waals surface area contributed by atoms with Crippen LogP contribution in [0.1, 0.15) is 113 Å². The van der Waals surface area contributed by atoms with Crippen molar-refractivity contribution >= 4 is 30.7 Å². The molecule has 4 N–H and O–H groups in total. The molecule has 0 aromatic heterocycles. The molecule has 13 nitrogen and oxygen atoms in total. The largest absolute Gasteiger partial charge is 0.481 e.